The first-order valence-corrected chi connectivity index (χ1v) is 12.8. The maximum absolute atomic E-state index is 12.9. The quantitative estimate of drug-likeness (QED) is 0.616. The Morgan fingerprint density at radius 3 is 2.34 bits per heavy atom. The van der Waals surface area contributed by atoms with Crippen molar-refractivity contribution in [1.82, 2.24) is 14.5 Å². The molecule has 0 spiro atoms. The maximum atomic E-state index is 12.9. The van der Waals surface area contributed by atoms with Gasteiger partial charge in [0.05, 0.1) is 15.5 Å². The van der Waals surface area contributed by atoms with Gasteiger partial charge in [0, 0.05) is 33.2 Å². The van der Waals surface area contributed by atoms with Crippen LogP contribution in [0.1, 0.15) is 53.6 Å². The molecule has 1 aliphatic carbocycles. The first-order chi connectivity index (χ1) is 15.2. The Balaban J connectivity index is 1.72. The van der Waals surface area contributed by atoms with Crippen molar-refractivity contribution in [3.63, 3.8) is 0 Å². The normalized spacial score (nSPS) is 15.3. The van der Waals surface area contributed by atoms with Gasteiger partial charge < -0.3 is 5.32 Å². The number of rotatable bonds is 8. The van der Waals surface area contributed by atoms with E-state index in [9.17, 15) is 13.2 Å². The van der Waals surface area contributed by atoms with E-state index in [0.717, 1.165) is 16.4 Å². The summed E-state index contributed by atoms with van der Waals surface area (Å²) in [6.07, 6.45) is 6.37. The molecule has 0 bridgehead atoms. The number of hydrogen-bond acceptors (Lipinski definition) is 4. The summed E-state index contributed by atoms with van der Waals surface area (Å²) in [5.41, 5.74) is 2.36. The minimum Gasteiger partial charge on any atom is -0.348 e. The van der Waals surface area contributed by atoms with Crippen molar-refractivity contribution in [3.05, 3.63) is 64.2 Å². The highest BCUT2D eigenvalue weighted by molar-refractivity contribution is 7.89. The van der Waals surface area contributed by atoms with E-state index >= 15 is 0 Å². The van der Waals surface area contributed by atoms with Gasteiger partial charge in [-0.15, -0.1) is 0 Å². The third-order valence-electron chi connectivity index (χ3n) is 6.14. The number of benzene rings is 2. The fourth-order valence-electron chi connectivity index (χ4n) is 4.12. The summed E-state index contributed by atoms with van der Waals surface area (Å²) in [5.74, 6) is -0.402. The number of amides is 1. The summed E-state index contributed by atoms with van der Waals surface area (Å²) in [6.45, 7) is 1.17. The van der Waals surface area contributed by atoms with Gasteiger partial charge in [-0.3, -0.25) is 9.69 Å². The summed E-state index contributed by atoms with van der Waals surface area (Å²) in [7, 11) is 1.41. The zero-order valence-electron chi connectivity index (χ0n) is 19.0. The number of sulfonamides is 1. The van der Waals surface area contributed by atoms with Gasteiger partial charge >= 0.3 is 0 Å². The largest absolute Gasteiger partial charge is 0.348 e. The van der Waals surface area contributed by atoms with Crippen LogP contribution >= 0.6 is 11.6 Å². The molecule has 0 aliphatic heterocycles. The molecule has 1 N–H and O–H groups in total. The van der Waals surface area contributed by atoms with Gasteiger partial charge in [0.1, 0.15) is 0 Å². The molecule has 0 heterocycles. The van der Waals surface area contributed by atoms with Crippen molar-refractivity contribution in [2.45, 2.75) is 56.1 Å². The Morgan fingerprint density at radius 2 is 1.69 bits per heavy atom. The standard InChI is InChI=1S/C24H32ClN3O3S/c1-27(2)32(30,31)21-13-14-23(25)22(15-21)24(29)26-16-18-9-7-8-10-19(18)17-28(3)20-11-5-4-6-12-20/h7-10,13-15,20H,4-6,11-12,16-17H2,1-3H3,(H,26,29). The second-order valence-corrected chi connectivity index (χ2v) is 11.1. The first-order valence-electron chi connectivity index (χ1n) is 11.0. The Morgan fingerprint density at radius 1 is 1.03 bits per heavy atom. The van der Waals surface area contributed by atoms with E-state index in [-0.39, 0.29) is 15.5 Å². The van der Waals surface area contributed by atoms with Crippen LogP contribution < -0.4 is 5.32 Å². The zero-order chi connectivity index (χ0) is 23.3. The molecule has 2 aromatic rings. The second-order valence-electron chi connectivity index (χ2n) is 8.59. The molecule has 0 radical (unpaired) electrons. The van der Waals surface area contributed by atoms with E-state index in [2.05, 4.69) is 23.3 Å². The van der Waals surface area contributed by atoms with Gasteiger partial charge in [0.25, 0.3) is 5.91 Å². The maximum Gasteiger partial charge on any atom is 0.253 e. The van der Waals surface area contributed by atoms with Gasteiger partial charge in [-0.2, -0.15) is 0 Å². The van der Waals surface area contributed by atoms with Crippen LogP contribution in [0.5, 0.6) is 0 Å². The topological polar surface area (TPSA) is 69.7 Å². The molecule has 0 aromatic heterocycles. The summed E-state index contributed by atoms with van der Waals surface area (Å²) < 4.78 is 26.0. The minimum absolute atomic E-state index is 0.0338. The van der Waals surface area contributed by atoms with Crippen molar-refractivity contribution < 1.29 is 13.2 Å². The lowest BCUT2D eigenvalue weighted by atomic mass is 9.94. The molecule has 0 saturated heterocycles. The van der Waals surface area contributed by atoms with E-state index in [4.69, 9.17) is 11.6 Å². The van der Waals surface area contributed by atoms with Crippen LogP contribution in [-0.2, 0) is 23.1 Å². The van der Waals surface area contributed by atoms with Crippen LogP contribution in [-0.4, -0.2) is 50.7 Å². The summed E-state index contributed by atoms with van der Waals surface area (Å²) >= 11 is 6.21. The highest BCUT2D eigenvalue weighted by Gasteiger charge is 2.21. The third-order valence-corrected chi connectivity index (χ3v) is 8.28. The van der Waals surface area contributed by atoms with Crippen LogP contribution in [0.25, 0.3) is 0 Å². The molecule has 1 fully saturated rings. The first kappa shape index (κ1) is 24.7. The van der Waals surface area contributed by atoms with E-state index < -0.39 is 15.9 Å². The van der Waals surface area contributed by atoms with E-state index in [1.54, 1.807) is 0 Å². The summed E-state index contributed by atoms with van der Waals surface area (Å²) in [5, 5.41) is 3.12. The molecule has 0 unspecified atom stereocenters. The second kappa shape index (κ2) is 10.8. The fraction of sp³-hybridized carbons (Fsp3) is 0.458. The molecule has 32 heavy (non-hydrogen) atoms. The number of hydrogen-bond donors (Lipinski definition) is 1. The molecule has 6 nitrogen and oxygen atoms in total. The van der Waals surface area contributed by atoms with Crippen molar-refractivity contribution in [2.24, 2.45) is 0 Å². The number of carbonyl (C=O) groups excluding carboxylic acids is 1. The van der Waals surface area contributed by atoms with Crippen LogP contribution in [0.3, 0.4) is 0 Å². The fourth-order valence-corrected chi connectivity index (χ4v) is 5.26. The molecule has 8 heteroatoms. The van der Waals surface area contributed by atoms with Crippen molar-refractivity contribution in [1.29, 1.82) is 0 Å². The number of nitrogens with zero attached hydrogens (tertiary/aromatic N) is 2. The molecule has 174 valence electrons. The molecule has 1 aliphatic rings. The molecule has 0 atom stereocenters. The van der Waals surface area contributed by atoms with Crippen LogP contribution in [0.2, 0.25) is 5.02 Å². The number of carbonyl (C=O) groups is 1. The molecular weight excluding hydrogens is 446 g/mol. The Hall–Kier alpha value is -1.93. The predicted molar refractivity (Wildman–Crippen MR) is 128 cm³/mol. The predicted octanol–water partition coefficient (Wildman–Crippen LogP) is 4.28. The third kappa shape index (κ3) is 5.90. The minimum atomic E-state index is -3.66. The molecular formula is C24H32ClN3O3S. The van der Waals surface area contributed by atoms with Crippen molar-refractivity contribution in [3.8, 4) is 0 Å². The molecule has 1 amide bonds. The van der Waals surface area contributed by atoms with Gasteiger partial charge in [-0.1, -0.05) is 55.1 Å². The Labute approximate surface area is 196 Å². The average molecular weight is 478 g/mol. The van der Waals surface area contributed by atoms with Crippen molar-refractivity contribution in [2.75, 3.05) is 21.1 Å². The number of nitrogens with one attached hydrogen (secondary N) is 1. The SMILES string of the molecule is CN(Cc1ccccc1CNC(=O)c1cc(S(=O)(=O)N(C)C)ccc1Cl)C1CCCCC1. The number of halogens is 1. The van der Waals surface area contributed by atoms with Gasteiger partial charge in [0.2, 0.25) is 10.0 Å². The van der Waals surface area contributed by atoms with Crippen LogP contribution in [0, 0.1) is 0 Å². The Kier molecular flexibility index (Phi) is 8.33. The monoisotopic (exact) mass is 477 g/mol. The molecule has 2 aromatic carbocycles. The average Bonchev–Trinajstić information content (AvgIpc) is 2.79. The van der Waals surface area contributed by atoms with E-state index in [1.807, 2.05) is 18.2 Å². The smallest absolute Gasteiger partial charge is 0.253 e. The lowest BCUT2D eigenvalue weighted by Crippen LogP contribution is -2.33. The van der Waals surface area contributed by atoms with Crippen molar-refractivity contribution >= 4 is 27.5 Å². The highest BCUT2D eigenvalue weighted by atomic mass is 35.5. The van der Waals surface area contributed by atoms with Gasteiger partial charge in [-0.05, 0) is 49.2 Å². The van der Waals surface area contributed by atoms with Gasteiger partial charge in [-0.25, -0.2) is 12.7 Å². The molecule has 1 saturated carbocycles. The highest BCUT2D eigenvalue weighted by Crippen LogP contribution is 2.24. The van der Waals surface area contributed by atoms with Crippen LogP contribution in [0.15, 0.2) is 47.4 Å². The van der Waals surface area contributed by atoms with Gasteiger partial charge in [0.15, 0.2) is 0 Å². The van der Waals surface area contributed by atoms with Crippen LogP contribution in [0.4, 0.5) is 0 Å². The zero-order valence-corrected chi connectivity index (χ0v) is 20.5. The van der Waals surface area contributed by atoms with E-state index in [1.165, 1.54) is 70.0 Å². The van der Waals surface area contributed by atoms with E-state index in [0.29, 0.717) is 12.6 Å². The summed E-state index contributed by atoms with van der Waals surface area (Å²) in [4.78, 5) is 15.3. The molecule has 3 rings (SSSR count). The summed E-state index contributed by atoms with van der Waals surface area (Å²) in [6, 6.07) is 12.9. The lowest BCUT2D eigenvalue weighted by Gasteiger charge is -2.31. The Bertz CT molecular complexity index is 1050. The lowest BCUT2D eigenvalue weighted by molar-refractivity contribution is 0.0950.